The van der Waals surface area contributed by atoms with Gasteiger partial charge < -0.3 is 10.2 Å². The maximum absolute atomic E-state index is 13.4. The monoisotopic (exact) mass is 542 g/mol. The number of carbonyl (C=O) groups excluding carboxylic acids is 2. The van der Waals surface area contributed by atoms with Crippen LogP contribution in [0.15, 0.2) is 97.1 Å². The normalized spacial score (nSPS) is 15.3. The second-order valence-electron chi connectivity index (χ2n) is 11.8. The summed E-state index contributed by atoms with van der Waals surface area (Å²) in [5.74, 6) is 0.492. The lowest BCUT2D eigenvalue weighted by Crippen LogP contribution is -2.42. The fraction of sp³-hybridized carbons (Fsp3) is 0.297. The Labute approximate surface area is 243 Å². The molecule has 0 saturated carbocycles. The van der Waals surface area contributed by atoms with Gasteiger partial charge in [-0.25, -0.2) is 0 Å². The number of ketones is 1. The minimum Gasteiger partial charge on any atom is -0.372 e. The fourth-order valence-electron chi connectivity index (χ4n) is 6.69. The average molecular weight is 543 g/mol. The molecule has 1 fully saturated rings. The van der Waals surface area contributed by atoms with Crippen LogP contribution < -0.4 is 10.2 Å². The van der Waals surface area contributed by atoms with Gasteiger partial charge in [0.15, 0.2) is 5.78 Å². The van der Waals surface area contributed by atoms with Crippen LogP contribution in [0.4, 0.5) is 5.69 Å². The predicted molar refractivity (Wildman–Crippen MR) is 167 cm³/mol. The van der Waals surface area contributed by atoms with Crippen molar-refractivity contribution >= 4 is 17.4 Å². The zero-order valence-electron chi connectivity index (χ0n) is 24.0. The van der Waals surface area contributed by atoms with Crippen LogP contribution in [-0.4, -0.2) is 30.8 Å². The highest BCUT2D eigenvalue weighted by atomic mass is 16.2. The van der Waals surface area contributed by atoms with E-state index >= 15 is 0 Å². The molecule has 4 nitrogen and oxygen atoms in total. The number of benzene rings is 4. The molecule has 0 aromatic heterocycles. The lowest BCUT2D eigenvalue weighted by atomic mass is 9.79. The topological polar surface area (TPSA) is 49.4 Å². The maximum Gasteiger partial charge on any atom is 0.228 e. The van der Waals surface area contributed by atoms with Gasteiger partial charge in [-0.2, -0.15) is 0 Å². The second-order valence-corrected chi connectivity index (χ2v) is 11.8. The lowest BCUT2D eigenvalue weighted by Gasteiger charge is -2.37. The van der Waals surface area contributed by atoms with Crippen molar-refractivity contribution in [1.29, 1.82) is 0 Å². The van der Waals surface area contributed by atoms with Gasteiger partial charge in [-0.15, -0.1) is 0 Å². The Bertz CT molecular complexity index is 1530. The Morgan fingerprint density at radius 1 is 0.805 bits per heavy atom. The third kappa shape index (κ3) is 5.69. The highest BCUT2D eigenvalue weighted by Crippen LogP contribution is 2.39. The van der Waals surface area contributed by atoms with Crippen LogP contribution in [0.3, 0.4) is 0 Å². The van der Waals surface area contributed by atoms with Crippen LogP contribution in [0.2, 0.25) is 0 Å². The van der Waals surface area contributed by atoms with Gasteiger partial charge in [0.2, 0.25) is 5.91 Å². The molecule has 208 valence electrons. The number of rotatable bonds is 8. The molecule has 1 aliphatic heterocycles. The highest BCUT2D eigenvalue weighted by molar-refractivity contribution is 6.01. The quantitative estimate of drug-likeness (QED) is 0.211. The van der Waals surface area contributed by atoms with Crippen molar-refractivity contribution in [3.05, 3.63) is 125 Å². The number of carbonyl (C=O) groups is 2. The van der Waals surface area contributed by atoms with Crippen molar-refractivity contribution < 1.29 is 9.59 Å². The molecule has 0 spiro atoms. The zero-order chi connectivity index (χ0) is 28.3. The van der Waals surface area contributed by atoms with Crippen molar-refractivity contribution in [2.24, 2.45) is 5.92 Å². The van der Waals surface area contributed by atoms with Crippen LogP contribution in [0.1, 0.15) is 65.2 Å². The van der Waals surface area contributed by atoms with E-state index in [-0.39, 0.29) is 23.7 Å². The van der Waals surface area contributed by atoms with Crippen LogP contribution in [-0.2, 0) is 17.6 Å². The molecule has 1 N–H and O–H groups in total. The van der Waals surface area contributed by atoms with Gasteiger partial charge >= 0.3 is 0 Å². The molecule has 2 aliphatic rings. The van der Waals surface area contributed by atoms with Crippen molar-refractivity contribution in [3.63, 3.8) is 0 Å². The highest BCUT2D eigenvalue weighted by Gasteiger charge is 2.33. The van der Waals surface area contributed by atoms with E-state index in [1.807, 2.05) is 44.2 Å². The van der Waals surface area contributed by atoms with E-state index in [0.29, 0.717) is 12.3 Å². The molecule has 1 heterocycles. The third-order valence-electron chi connectivity index (χ3n) is 8.70. The molecular formula is C37H38N2O2. The summed E-state index contributed by atoms with van der Waals surface area (Å²) in [7, 11) is 0. The van der Waals surface area contributed by atoms with Gasteiger partial charge in [-0.1, -0.05) is 84.9 Å². The second kappa shape index (κ2) is 11.7. The SMILES string of the molecule is CC(C)NC(=O)C(c1ccccc1)C1CCN(c2ccc(CC(=O)c3cccc4c3Cc3ccccc3-4)cc2)CC1. The number of fused-ring (bicyclic) bond motifs is 3. The summed E-state index contributed by atoms with van der Waals surface area (Å²) in [5.41, 5.74) is 9.07. The standard InChI is InChI=1S/C37H38N2O2/c1-25(2)38-37(41)36(27-9-4-3-5-10-27)28-19-21-39(22-20-28)30-17-15-26(16-18-30)23-35(40)33-14-8-13-32-31-12-7-6-11-29(31)24-34(32)33/h3-18,25,28,36H,19-24H2,1-2H3,(H,38,41). The van der Waals surface area contributed by atoms with Crippen molar-refractivity contribution in [2.75, 3.05) is 18.0 Å². The van der Waals surface area contributed by atoms with E-state index in [4.69, 9.17) is 0 Å². The molecule has 1 amide bonds. The van der Waals surface area contributed by atoms with E-state index < -0.39 is 0 Å². The summed E-state index contributed by atoms with van der Waals surface area (Å²) in [4.78, 5) is 29.0. The van der Waals surface area contributed by atoms with E-state index in [0.717, 1.165) is 54.6 Å². The summed E-state index contributed by atoms with van der Waals surface area (Å²) in [6.45, 7) is 5.87. The summed E-state index contributed by atoms with van der Waals surface area (Å²) >= 11 is 0. The Kier molecular flexibility index (Phi) is 7.74. The first-order valence-corrected chi connectivity index (χ1v) is 14.9. The first-order chi connectivity index (χ1) is 20.0. The summed E-state index contributed by atoms with van der Waals surface area (Å²) in [6, 6.07) is 33.4. The first-order valence-electron chi connectivity index (χ1n) is 14.9. The van der Waals surface area contributed by atoms with E-state index in [1.165, 1.54) is 22.4 Å². The van der Waals surface area contributed by atoms with Gasteiger partial charge in [0, 0.05) is 36.8 Å². The number of piperidine rings is 1. The summed E-state index contributed by atoms with van der Waals surface area (Å²) in [6.07, 6.45) is 3.16. The third-order valence-corrected chi connectivity index (χ3v) is 8.70. The number of nitrogens with one attached hydrogen (secondary N) is 1. The predicted octanol–water partition coefficient (Wildman–Crippen LogP) is 7.21. The lowest BCUT2D eigenvalue weighted by molar-refractivity contribution is -0.124. The van der Waals surface area contributed by atoms with Crippen LogP contribution in [0.5, 0.6) is 0 Å². The number of anilines is 1. The van der Waals surface area contributed by atoms with Gasteiger partial charge in [-0.3, -0.25) is 9.59 Å². The van der Waals surface area contributed by atoms with Crippen LogP contribution in [0, 0.1) is 5.92 Å². The molecule has 0 bridgehead atoms. The molecular weight excluding hydrogens is 504 g/mol. The number of Topliss-reactive ketones (excluding diaryl/α,β-unsaturated/α-hetero) is 1. The molecule has 4 aromatic carbocycles. The average Bonchev–Trinajstić information content (AvgIpc) is 3.37. The number of hydrogen-bond donors (Lipinski definition) is 1. The van der Waals surface area contributed by atoms with E-state index in [1.54, 1.807) is 0 Å². The number of nitrogens with zero attached hydrogens (tertiary/aromatic N) is 1. The largest absolute Gasteiger partial charge is 0.372 e. The van der Waals surface area contributed by atoms with Gasteiger partial charge in [0.1, 0.15) is 0 Å². The van der Waals surface area contributed by atoms with E-state index in [9.17, 15) is 9.59 Å². The maximum atomic E-state index is 13.4. The number of amides is 1. The van der Waals surface area contributed by atoms with E-state index in [2.05, 4.69) is 76.9 Å². The fourth-order valence-corrected chi connectivity index (χ4v) is 6.69. The molecule has 1 atom stereocenters. The molecule has 41 heavy (non-hydrogen) atoms. The number of hydrogen-bond acceptors (Lipinski definition) is 3. The smallest absolute Gasteiger partial charge is 0.228 e. The Morgan fingerprint density at radius 2 is 1.49 bits per heavy atom. The minimum absolute atomic E-state index is 0.123. The molecule has 1 unspecified atom stereocenters. The summed E-state index contributed by atoms with van der Waals surface area (Å²) < 4.78 is 0. The Hall–Kier alpha value is -4.18. The summed E-state index contributed by atoms with van der Waals surface area (Å²) in [5, 5.41) is 3.15. The Morgan fingerprint density at radius 3 is 2.22 bits per heavy atom. The molecule has 4 heteroatoms. The van der Waals surface area contributed by atoms with Crippen molar-refractivity contribution in [3.8, 4) is 11.1 Å². The van der Waals surface area contributed by atoms with Crippen molar-refractivity contribution in [2.45, 2.75) is 51.5 Å². The molecule has 4 aromatic rings. The molecule has 0 radical (unpaired) electrons. The van der Waals surface area contributed by atoms with Gasteiger partial charge in [0.25, 0.3) is 0 Å². The Balaban J connectivity index is 1.10. The van der Waals surface area contributed by atoms with Crippen LogP contribution in [0.25, 0.3) is 11.1 Å². The molecule has 1 saturated heterocycles. The molecule has 6 rings (SSSR count). The first kappa shape index (κ1) is 27.0. The molecule has 1 aliphatic carbocycles. The minimum atomic E-state index is -0.124. The van der Waals surface area contributed by atoms with Gasteiger partial charge in [0.05, 0.1) is 5.92 Å². The van der Waals surface area contributed by atoms with Crippen molar-refractivity contribution in [1.82, 2.24) is 5.32 Å². The van der Waals surface area contributed by atoms with Crippen LogP contribution >= 0.6 is 0 Å². The van der Waals surface area contributed by atoms with Gasteiger partial charge in [-0.05, 0) is 84.5 Å². The zero-order valence-corrected chi connectivity index (χ0v) is 24.0.